The molecule has 29 heavy (non-hydrogen) atoms. The fourth-order valence-electron chi connectivity index (χ4n) is 2.87. The van der Waals surface area contributed by atoms with Crippen LogP contribution in [0.3, 0.4) is 0 Å². The molecule has 1 aromatic rings. The zero-order valence-electron chi connectivity index (χ0n) is 15.6. The van der Waals surface area contributed by atoms with E-state index < -0.39 is 23.7 Å². The SMILES string of the molecule is CN1CC(CCN2CCC2)Oc2ccc(C(F)(F)F)cc2C1=S.O=C(O)C(=O)O. The number of carbonyl (C=O) groups is 2. The molecular weight excluding hydrogens is 413 g/mol. The Morgan fingerprint density at radius 2 is 1.86 bits per heavy atom. The van der Waals surface area contributed by atoms with Crippen LogP contribution in [0.2, 0.25) is 0 Å². The van der Waals surface area contributed by atoms with E-state index in [0.29, 0.717) is 22.8 Å². The number of likely N-dealkylation sites (N-methyl/N-ethyl adjacent to an activating group) is 1. The second kappa shape index (κ2) is 9.40. The van der Waals surface area contributed by atoms with E-state index in [1.54, 1.807) is 7.05 Å². The third kappa shape index (κ3) is 6.29. The summed E-state index contributed by atoms with van der Waals surface area (Å²) in [6, 6.07) is 3.53. The minimum Gasteiger partial charge on any atom is -0.488 e. The summed E-state index contributed by atoms with van der Waals surface area (Å²) in [4.78, 5) is 22.8. The predicted octanol–water partition coefficient (Wildman–Crippen LogP) is 2.33. The number of ether oxygens (including phenoxy) is 1. The van der Waals surface area contributed by atoms with Gasteiger partial charge in [0, 0.05) is 13.6 Å². The van der Waals surface area contributed by atoms with Gasteiger partial charge in [-0.2, -0.15) is 13.2 Å². The van der Waals surface area contributed by atoms with Gasteiger partial charge in [0.05, 0.1) is 17.7 Å². The Hall–Kier alpha value is -2.40. The van der Waals surface area contributed by atoms with Crippen molar-refractivity contribution in [3.63, 3.8) is 0 Å². The van der Waals surface area contributed by atoms with Crippen molar-refractivity contribution < 1.29 is 37.7 Å². The molecule has 1 fully saturated rings. The maximum atomic E-state index is 12.9. The van der Waals surface area contributed by atoms with Crippen LogP contribution in [0.25, 0.3) is 0 Å². The molecule has 0 radical (unpaired) electrons. The van der Waals surface area contributed by atoms with E-state index in [0.717, 1.165) is 38.2 Å². The number of carboxylic acids is 2. The summed E-state index contributed by atoms with van der Waals surface area (Å²) in [7, 11) is 1.80. The second-order valence-electron chi connectivity index (χ2n) is 6.73. The molecule has 3 rings (SSSR count). The molecule has 2 N–H and O–H groups in total. The Bertz CT molecular complexity index is 771. The number of alkyl halides is 3. The number of aliphatic carboxylic acids is 2. The fourth-order valence-corrected chi connectivity index (χ4v) is 3.10. The molecular formula is C18H21F3N2O5S. The van der Waals surface area contributed by atoms with Crippen LogP contribution < -0.4 is 4.74 Å². The fraction of sp³-hybridized carbons (Fsp3) is 0.500. The highest BCUT2D eigenvalue weighted by Crippen LogP contribution is 2.34. The van der Waals surface area contributed by atoms with Gasteiger partial charge in [-0.15, -0.1) is 0 Å². The van der Waals surface area contributed by atoms with Gasteiger partial charge < -0.3 is 24.7 Å². The van der Waals surface area contributed by atoms with Gasteiger partial charge in [0.2, 0.25) is 0 Å². The van der Waals surface area contributed by atoms with Gasteiger partial charge in [-0.3, -0.25) is 0 Å². The van der Waals surface area contributed by atoms with E-state index in [4.69, 9.17) is 36.8 Å². The van der Waals surface area contributed by atoms with Crippen LogP contribution in [0.15, 0.2) is 18.2 Å². The third-order valence-electron chi connectivity index (χ3n) is 4.55. The Morgan fingerprint density at radius 1 is 1.24 bits per heavy atom. The van der Waals surface area contributed by atoms with E-state index in [1.807, 2.05) is 4.90 Å². The molecule has 0 saturated carbocycles. The number of benzene rings is 1. The normalized spacial score (nSPS) is 19.1. The molecule has 1 saturated heterocycles. The van der Waals surface area contributed by atoms with Crippen molar-refractivity contribution in [2.75, 3.05) is 33.2 Å². The number of rotatable bonds is 3. The molecule has 2 heterocycles. The molecule has 160 valence electrons. The van der Waals surface area contributed by atoms with Crippen LogP contribution in [-0.2, 0) is 15.8 Å². The summed E-state index contributed by atoms with van der Waals surface area (Å²) in [5.74, 6) is -3.20. The first kappa shape index (κ1) is 22.9. The van der Waals surface area contributed by atoms with Crippen molar-refractivity contribution in [2.45, 2.75) is 25.1 Å². The maximum Gasteiger partial charge on any atom is 0.416 e. The highest BCUT2D eigenvalue weighted by molar-refractivity contribution is 7.80. The number of likely N-dealkylation sites (tertiary alicyclic amines) is 1. The first-order chi connectivity index (χ1) is 13.5. The smallest absolute Gasteiger partial charge is 0.416 e. The van der Waals surface area contributed by atoms with Gasteiger partial charge in [0.25, 0.3) is 0 Å². The molecule has 0 aliphatic carbocycles. The summed E-state index contributed by atoms with van der Waals surface area (Å²) in [5, 5.41) is 14.8. The summed E-state index contributed by atoms with van der Waals surface area (Å²) in [6.45, 7) is 3.77. The monoisotopic (exact) mass is 434 g/mol. The summed E-state index contributed by atoms with van der Waals surface area (Å²) in [6.07, 6.45) is -2.38. The number of hydrogen-bond donors (Lipinski definition) is 2. The molecule has 2 aliphatic rings. The van der Waals surface area contributed by atoms with E-state index in [9.17, 15) is 13.2 Å². The number of carboxylic acid groups (broad SMARTS) is 2. The molecule has 0 spiro atoms. The predicted molar refractivity (Wildman–Crippen MR) is 101 cm³/mol. The number of thiocarbonyl (C=S) groups is 1. The molecule has 0 aromatic heterocycles. The third-order valence-corrected chi connectivity index (χ3v) is 5.09. The first-order valence-electron chi connectivity index (χ1n) is 8.81. The van der Waals surface area contributed by atoms with Crippen LogP contribution >= 0.6 is 12.2 Å². The Labute approximate surface area is 170 Å². The highest BCUT2D eigenvalue weighted by atomic mass is 32.1. The van der Waals surface area contributed by atoms with Gasteiger partial charge in [-0.1, -0.05) is 12.2 Å². The number of fused-ring (bicyclic) bond motifs is 1. The first-order valence-corrected chi connectivity index (χ1v) is 9.21. The standard InChI is InChI=1S/C16H19F3N2OS.C2H2O4/c1-20-10-12(5-8-21-6-2-7-21)22-14-4-3-11(16(17,18)19)9-13(14)15(20)23;3-1(4)2(5)6/h3-4,9,12H,2,5-8,10H2,1H3;(H,3,4)(H,5,6). The van der Waals surface area contributed by atoms with Gasteiger partial charge in [0.15, 0.2) is 0 Å². The van der Waals surface area contributed by atoms with Crippen molar-refractivity contribution in [2.24, 2.45) is 0 Å². The van der Waals surface area contributed by atoms with Gasteiger partial charge in [-0.05, 0) is 44.1 Å². The summed E-state index contributed by atoms with van der Waals surface area (Å²) < 4.78 is 44.7. The van der Waals surface area contributed by atoms with E-state index >= 15 is 0 Å². The molecule has 11 heteroatoms. The molecule has 1 unspecified atom stereocenters. The van der Waals surface area contributed by atoms with E-state index in [1.165, 1.54) is 12.5 Å². The quantitative estimate of drug-likeness (QED) is 0.554. The zero-order valence-corrected chi connectivity index (χ0v) is 16.4. The zero-order chi connectivity index (χ0) is 21.8. The molecule has 0 amide bonds. The van der Waals surface area contributed by atoms with Gasteiger partial charge in [-0.25, -0.2) is 9.59 Å². The van der Waals surface area contributed by atoms with Crippen LogP contribution in [0.4, 0.5) is 13.2 Å². The van der Waals surface area contributed by atoms with Gasteiger partial charge in [0.1, 0.15) is 16.8 Å². The minimum atomic E-state index is -4.38. The average Bonchev–Trinajstić information content (AvgIpc) is 2.70. The molecule has 1 atom stereocenters. The van der Waals surface area contributed by atoms with Crippen molar-refractivity contribution >= 4 is 29.1 Å². The lowest BCUT2D eigenvalue weighted by atomic mass is 10.1. The van der Waals surface area contributed by atoms with Gasteiger partial charge >= 0.3 is 18.1 Å². The van der Waals surface area contributed by atoms with Crippen molar-refractivity contribution in [1.29, 1.82) is 0 Å². The van der Waals surface area contributed by atoms with Crippen LogP contribution in [0, 0.1) is 0 Å². The lowest BCUT2D eigenvalue weighted by molar-refractivity contribution is -0.159. The number of halogens is 3. The molecule has 2 aliphatic heterocycles. The number of nitrogens with zero attached hydrogens (tertiary/aromatic N) is 2. The van der Waals surface area contributed by atoms with Crippen molar-refractivity contribution in [3.05, 3.63) is 29.3 Å². The van der Waals surface area contributed by atoms with Crippen molar-refractivity contribution in [1.82, 2.24) is 9.80 Å². The van der Waals surface area contributed by atoms with E-state index in [2.05, 4.69) is 4.90 Å². The lowest BCUT2D eigenvalue weighted by Crippen LogP contribution is -2.41. The molecule has 0 bridgehead atoms. The van der Waals surface area contributed by atoms with Crippen LogP contribution in [0.1, 0.15) is 24.0 Å². The molecule has 1 aromatic carbocycles. The topological polar surface area (TPSA) is 90.3 Å². The number of hydrogen-bond acceptors (Lipinski definition) is 5. The van der Waals surface area contributed by atoms with Crippen LogP contribution in [0.5, 0.6) is 5.75 Å². The second-order valence-corrected chi connectivity index (χ2v) is 7.12. The van der Waals surface area contributed by atoms with Crippen LogP contribution in [-0.4, -0.2) is 76.3 Å². The Kier molecular flexibility index (Phi) is 7.42. The lowest BCUT2D eigenvalue weighted by Gasteiger charge is -2.32. The minimum absolute atomic E-state index is 0.0727. The summed E-state index contributed by atoms with van der Waals surface area (Å²) >= 11 is 5.34. The average molecular weight is 434 g/mol. The largest absolute Gasteiger partial charge is 0.488 e. The Morgan fingerprint density at radius 3 is 2.34 bits per heavy atom. The molecule has 7 nitrogen and oxygen atoms in total. The van der Waals surface area contributed by atoms with E-state index in [-0.39, 0.29) is 6.10 Å². The Balaban J connectivity index is 0.000000438. The van der Waals surface area contributed by atoms with Crippen molar-refractivity contribution in [3.8, 4) is 5.75 Å². The summed E-state index contributed by atoms with van der Waals surface area (Å²) in [5.41, 5.74) is -0.349. The maximum absolute atomic E-state index is 12.9. The highest BCUT2D eigenvalue weighted by Gasteiger charge is 2.33.